The Balaban J connectivity index is -0.00000000872. The van der Waals surface area contributed by atoms with Gasteiger partial charge in [0.1, 0.15) is 0 Å². The lowest BCUT2D eigenvalue weighted by molar-refractivity contribution is -0.652. The molecule has 0 bridgehead atoms. The molecule has 0 spiro atoms. The lowest BCUT2D eigenvalue weighted by Crippen LogP contribution is -2.00. The number of carbonyl (C=O) groups excluding carboxylic acids is 4. The van der Waals surface area contributed by atoms with E-state index in [1.807, 2.05) is 0 Å². The fourth-order valence-electron chi connectivity index (χ4n) is 0. The molecule has 0 aromatic rings. The van der Waals surface area contributed by atoms with E-state index in [2.05, 4.69) is 9.78 Å². The number of hydrogen-bond donors (Lipinski definition) is 1. The maximum absolute atomic E-state index is 8.70. The third kappa shape index (κ3) is 15200. The largest absolute Gasteiger partial charge is 1.00 e. The number of carbonyl (C=O) groups is 2. The van der Waals surface area contributed by atoms with Gasteiger partial charge >= 0.3 is 14.1 Å². The van der Waals surface area contributed by atoms with Crippen LogP contribution in [0.4, 0.5) is 0 Å². The standard InChI is InChI=1S/2CH2O3.CO2.3CH4.H2/c2*2-1-4-3;2-1-3;;;;/h2*1,3H;;3*1H4;1H. The minimum atomic E-state index is -0.181. The van der Waals surface area contributed by atoms with Crippen LogP contribution in [-0.4, -0.2) is 24.4 Å². The molecule has 0 heterocycles. The molecule has 0 aliphatic rings. The molecule has 0 aromatic heterocycles. The second-order valence-electron chi connectivity index (χ2n) is 0.477. The Hall–Kier alpha value is -1.76. The van der Waals surface area contributed by atoms with Crippen LogP contribution >= 0.6 is 0 Å². The molecule has 0 unspecified atom stereocenters. The van der Waals surface area contributed by atoms with Gasteiger partial charge in [-0.05, 0) is 0 Å². The van der Waals surface area contributed by atoms with Gasteiger partial charge in [-0.1, -0.05) is 22.3 Å². The molecule has 0 aromatic carbocycles. The average Bonchev–Trinajstić information content (AvgIpc) is 2.06. The predicted octanol–water partition coefficient (Wildman–Crippen LogP) is -0.250. The molecule has 0 radical (unpaired) electrons. The van der Waals surface area contributed by atoms with Crippen molar-refractivity contribution in [2.75, 3.05) is 0 Å². The molecule has 0 amide bonds. The topological polar surface area (TPSA) is 130 Å². The van der Waals surface area contributed by atoms with Gasteiger partial charge in [0.2, 0.25) is 0 Å². The van der Waals surface area contributed by atoms with E-state index in [1.165, 1.54) is 0 Å². The molecule has 14 heavy (non-hydrogen) atoms. The summed E-state index contributed by atoms with van der Waals surface area (Å²) in [5.41, 5.74) is 0. The molecule has 0 rings (SSSR count). The second kappa shape index (κ2) is 112. The Bertz CT molecular complexity index is 107. The Morgan fingerprint density at radius 3 is 1.36 bits per heavy atom. The summed E-state index contributed by atoms with van der Waals surface area (Å²) in [7, 11) is 0. The van der Waals surface area contributed by atoms with E-state index in [0.29, 0.717) is 0 Å². The van der Waals surface area contributed by atoms with E-state index in [1.54, 1.807) is 0 Å². The fraction of sp³-hybridized carbons (Fsp3) is 0.500. The summed E-state index contributed by atoms with van der Waals surface area (Å²) < 4.78 is 0. The lowest BCUT2D eigenvalue weighted by Gasteiger charge is -1.88. The normalized spacial score (nSPS) is 3.57. The summed E-state index contributed by atoms with van der Waals surface area (Å²) in [5.74, 6) is 0. The van der Waals surface area contributed by atoms with Crippen molar-refractivity contribution in [2.24, 2.45) is 0 Å². The Morgan fingerprint density at radius 1 is 1.21 bits per heavy atom. The maximum atomic E-state index is 8.70. The third-order valence-electron chi connectivity index (χ3n) is 0.0823. The van der Waals surface area contributed by atoms with Crippen molar-refractivity contribution in [1.29, 1.82) is 0 Å². The van der Waals surface area contributed by atoms with Gasteiger partial charge < -0.3 is 15.0 Å². The van der Waals surface area contributed by atoms with Gasteiger partial charge in [0.05, 0.1) is 0 Å². The molecular formula is C6H18O8. The summed E-state index contributed by atoms with van der Waals surface area (Å²) >= 11 is 0. The van der Waals surface area contributed by atoms with Crippen LogP contribution in [0.1, 0.15) is 25.1 Å². The Kier molecular flexibility index (Phi) is 318. The molecule has 90 valence electrons. The van der Waals surface area contributed by atoms with Crippen LogP contribution in [0.2, 0.25) is 0 Å². The van der Waals surface area contributed by atoms with Crippen LogP contribution in [0, 0.1) is 0 Å². The zero-order valence-electron chi connectivity index (χ0n) is 5.96. The molecule has 0 aliphatic carbocycles. The zero-order valence-corrected chi connectivity index (χ0v) is 4.96. The van der Waals surface area contributed by atoms with Crippen LogP contribution < -0.4 is 5.26 Å². The summed E-state index contributed by atoms with van der Waals surface area (Å²) in [6.07, 6.45) is 0.250. The molecular weight excluding hydrogens is 200 g/mol. The molecule has 0 aliphatic heterocycles. The first-order chi connectivity index (χ1) is 5.24. The first-order valence-electron chi connectivity index (χ1n) is 1.70. The van der Waals surface area contributed by atoms with Gasteiger partial charge in [-0.2, -0.15) is 9.59 Å². The molecule has 0 atom stereocenters. The first-order valence-corrected chi connectivity index (χ1v) is 1.70. The van der Waals surface area contributed by atoms with Gasteiger partial charge in [-0.15, -0.1) is 0 Å². The van der Waals surface area contributed by atoms with E-state index in [0.717, 1.165) is 0 Å². The lowest BCUT2D eigenvalue weighted by atomic mass is 11.7. The highest BCUT2D eigenvalue weighted by Gasteiger charge is 1.47. The van der Waals surface area contributed by atoms with Crippen LogP contribution in [-0.2, 0) is 29.0 Å². The monoisotopic (exact) mass is 218 g/mol. The maximum Gasteiger partial charge on any atom is 1.00 e. The van der Waals surface area contributed by atoms with E-state index in [9.17, 15) is 0 Å². The van der Waals surface area contributed by atoms with Crippen LogP contribution in [0.5, 0.6) is 0 Å². The van der Waals surface area contributed by atoms with Crippen LogP contribution in [0.25, 0.3) is 0 Å². The number of hydrogen-bond acceptors (Lipinski definition) is 8. The van der Waals surface area contributed by atoms with E-state index in [-0.39, 0.29) is 44.2 Å². The second-order valence-corrected chi connectivity index (χ2v) is 0.477. The van der Waals surface area contributed by atoms with Crippen molar-refractivity contribution in [3.8, 4) is 0 Å². The molecule has 0 saturated heterocycles. The van der Waals surface area contributed by atoms with Crippen molar-refractivity contribution in [2.45, 2.75) is 22.3 Å². The van der Waals surface area contributed by atoms with Gasteiger partial charge in [-0.3, -0.25) is 9.59 Å². The quantitative estimate of drug-likeness (QED) is 0.381. The van der Waals surface area contributed by atoms with Crippen LogP contribution in [0.15, 0.2) is 0 Å². The Labute approximate surface area is 84.9 Å². The van der Waals surface area contributed by atoms with Crippen molar-refractivity contribution in [3.05, 3.63) is 0 Å². The predicted molar refractivity (Wildman–Crippen MR) is 45.4 cm³/mol. The molecule has 1 N–H and O–H groups in total. The minimum Gasteiger partial charge on any atom is -0.662 e. The van der Waals surface area contributed by atoms with Gasteiger partial charge in [0.25, 0.3) is 6.47 Å². The van der Waals surface area contributed by atoms with Crippen LogP contribution in [0.3, 0.4) is 0 Å². The van der Waals surface area contributed by atoms with Gasteiger partial charge in [0, 0.05) is 1.43 Å². The van der Waals surface area contributed by atoms with Crippen molar-refractivity contribution < 1.29 is 42.3 Å². The molecule has 0 fully saturated rings. The zero-order chi connectivity index (χ0) is 9.54. The summed E-state index contributed by atoms with van der Waals surface area (Å²) in [6, 6.07) is 0. The highest BCUT2D eigenvalue weighted by atomic mass is 17.1. The van der Waals surface area contributed by atoms with Gasteiger partial charge in [-0.25, -0.2) is 5.26 Å². The summed E-state index contributed by atoms with van der Waals surface area (Å²) in [5, 5.41) is 15.4. The first kappa shape index (κ1) is 39.7. The van der Waals surface area contributed by atoms with E-state index in [4.69, 9.17) is 29.7 Å². The molecule has 8 heteroatoms. The smallest absolute Gasteiger partial charge is 0.662 e. The fourth-order valence-corrected chi connectivity index (χ4v) is 0. The summed E-state index contributed by atoms with van der Waals surface area (Å²) in [6.45, 7) is -0.250. The third-order valence-corrected chi connectivity index (χ3v) is 0.0823. The summed E-state index contributed by atoms with van der Waals surface area (Å²) in [4.78, 5) is 39.1. The molecule has 8 nitrogen and oxygen atoms in total. The van der Waals surface area contributed by atoms with E-state index >= 15 is 0 Å². The van der Waals surface area contributed by atoms with Gasteiger partial charge in [0.15, 0.2) is 0 Å². The van der Waals surface area contributed by atoms with Crippen molar-refractivity contribution >= 4 is 19.1 Å². The van der Waals surface area contributed by atoms with Crippen molar-refractivity contribution in [1.82, 2.24) is 0 Å². The van der Waals surface area contributed by atoms with Crippen molar-refractivity contribution in [3.63, 3.8) is 0 Å². The minimum absolute atomic E-state index is 0. The highest BCUT2D eigenvalue weighted by Crippen LogP contribution is 1.33. The highest BCUT2D eigenvalue weighted by molar-refractivity contribution is 5.35. The average molecular weight is 218 g/mol. The SMILES string of the molecule is C.C.C.O=C=O.O=COO.O=CO[O-].[H+].[HH]. The van der Waals surface area contributed by atoms with E-state index < -0.39 is 0 Å². The number of rotatable bonds is 2. The Morgan fingerprint density at radius 2 is 1.36 bits per heavy atom. The molecule has 0 saturated carbocycles.